The first-order valence-electron chi connectivity index (χ1n) is 6.30. The second kappa shape index (κ2) is 5.66. The lowest BCUT2D eigenvalue weighted by molar-refractivity contribution is -0.388. The predicted molar refractivity (Wildman–Crippen MR) is 71.6 cm³/mol. The lowest BCUT2D eigenvalue weighted by Gasteiger charge is -2.33. The van der Waals surface area contributed by atoms with Gasteiger partial charge in [0.25, 0.3) is 5.69 Å². The van der Waals surface area contributed by atoms with E-state index in [1.54, 1.807) is 0 Å². The van der Waals surface area contributed by atoms with Gasteiger partial charge in [-0.25, -0.2) is 17.1 Å². The van der Waals surface area contributed by atoms with Crippen LogP contribution in [0.3, 0.4) is 0 Å². The number of aliphatic hydroxyl groups is 1. The maximum atomic E-state index is 13.1. The topological polar surface area (TPSA) is 101 Å². The van der Waals surface area contributed by atoms with Crippen molar-refractivity contribution in [2.75, 3.05) is 13.6 Å². The molecule has 1 N–H and O–H groups in total. The van der Waals surface area contributed by atoms with E-state index in [1.165, 1.54) is 7.05 Å². The lowest BCUT2D eigenvalue weighted by atomic mass is 9.82. The van der Waals surface area contributed by atoms with Crippen LogP contribution in [0, 0.1) is 21.8 Å². The highest BCUT2D eigenvalue weighted by atomic mass is 32.2. The van der Waals surface area contributed by atoms with Gasteiger partial charge in [-0.1, -0.05) is 0 Å². The number of aliphatic hydroxyl groups excluding tert-OH is 1. The predicted octanol–water partition coefficient (Wildman–Crippen LogP) is 1.13. The second-order valence-corrected chi connectivity index (χ2v) is 7.16. The van der Waals surface area contributed by atoms with Crippen molar-refractivity contribution in [3.8, 4) is 0 Å². The molecule has 1 saturated carbocycles. The van der Waals surface area contributed by atoms with Crippen LogP contribution >= 0.6 is 0 Å². The number of benzene rings is 1. The van der Waals surface area contributed by atoms with E-state index in [0.29, 0.717) is 18.9 Å². The monoisotopic (exact) mass is 318 g/mol. The summed E-state index contributed by atoms with van der Waals surface area (Å²) >= 11 is 0. The molecule has 0 unspecified atom stereocenters. The molecule has 21 heavy (non-hydrogen) atoms. The molecule has 0 aliphatic heterocycles. The molecule has 0 radical (unpaired) electrons. The van der Waals surface area contributed by atoms with Crippen LogP contribution in [0.15, 0.2) is 23.1 Å². The Morgan fingerprint density at radius 1 is 1.48 bits per heavy atom. The zero-order valence-corrected chi connectivity index (χ0v) is 12.1. The number of nitrogens with zero attached hydrogens (tertiary/aromatic N) is 2. The summed E-state index contributed by atoms with van der Waals surface area (Å²) in [6.07, 6.45) is 0.600. The zero-order valence-electron chi connectivity index (χ0n) is 11.3. The normalized spacial score (nSPS) is 22.1. The standard InChI is InChI=1S/C12H15FN2O5S/c1-14(7-8-4-10(16)5-8)21(19,20)12-3-2-9(13)6-11(12)15(17)18/h2-3,6,8,10,16H,4-5,7H2,1H3. The molecule has 0 saturated heterocycles. The van der Waals surface area contributed by atoms with Crippen molar-refractivity contribution in [1.29, 1.82) is 0 Å². The molecule has 1 aliphatic carbocycles. The Hall–Kier alpha value is -1.58. The van der Waals surface area contributed by atoms with Crippen molar-refractivity contribution in [2.24, 2.45) is 5.92 Å². The Labute approximate surface area is 121 Å². The molecule has 1 fully saturated rings. The van der Waals surface area contributed by atoms with Gasteiger partial charge in [0.2, 0.25) is 10.0 Å². The van der Waals surface area contributed by atoms with Crippen LogP contribution in [0.25, 0.3) is 0 Å². The Balaban J connectivity index is 2.28. The first-order valence-corrected chi connectivity index (χ1v) is 7.74. The summed E-state index contributed by atoms with van der Waals surface area (Å²) in [7, 11) is -2.76. The number of halogens is 1. The van der Waals surface area contributed by atoms with Gasteiger partial charge in [0.05, 0.1) is 17.1 Å². The minimum Gasteiger partial charge on any atom is -0.393 e. The first kappa shape index (κ1) is 15.8. The zero-order chi connectivity index (χ0) is 15.8. The van der Waals surface area contributed by atoms with Crippen molar-refractivity contribution in [2.45, 2.75) is 23.8 Å². The average Bonchev–Trinajstić information content (AvgIpc) is 2.36. The number of sulfonamides is 1. The van der Waals surface area contributed by atoms with Crippen LogP contribution in [-0.4, -0.2) is 42.4 Å². The number of hydrogen-bond donors (Lipinski definition) is 1. The summed E-state index contributed by atoms with van der Waals surface area (Å²) in [5.74, 6) is -0.843. The van der Waals surface area contributed by atoms with E-state index in [-0.39, 0.29) is 12.5 Å². The van der Waals surface area contributed by atoms with Gasteiger partial charge >= 0.3 is 0 Å². The smallest absolute Gasteiger partial charge is 0.292 e. The van der Waals surface area contributed by atoms with E-state index in [1.807, 2.05) is 0 Å². The fourth-order valence-corrected chi connectivity index (χ4v) is 3.71. The largest absolute Gasteiger partial charge is 0.393 e. The van der Waals surface area contributed by atoms with Crippen LogP contribution in [0.5, 0.6) is 0 Å². The van der Waals surface area contributed by atoms with Crippen molar-refractivity contribution in [3.05, 3.63) is 34.1 Å². The molecule has 0 heterocycles. The minimum atomic E-state index is -4.08. The average molecular weight is 318 g/mol. The summed E-state index contributed by atoms with van der Waals surface area (Å²) in [6.45, 7) is 0.161. The van der Waals surface area contributed by atoms with Crippen LogP contribution in [0.4, 0.5) is 10.1 Å². The molecule has 1 aromatic rings. The van der Waals surface area contributed by atoms with Crippen molar-refractivity contribution >= 4 is 15.7 Å². The molecule has 1 aliphatic rings. The second-order valence-electron chi connectivity index (χ2n) is 5.15. The molecule has 0 amide bonds. The number of rotatable bonds is 5. The maximum Gasteiger partial charge on any atom is 0.292 e. The highest BCUT2D eigenvalue weighted by Crippen LogP contribution is 2.31. The fraction of sp³-hybridized carbons (Fsp3) is 0.500. The van der Waals surface area contributed by atoms with E-state index < -0.39 is 37.5 Å². The van der Waals surface area contributed by atoms with Crippen LogP contribution in [0.2, 0.25) is 0 Å². The fourth-order valence-electron chi connectivity index (χ4n) is 2.33. The molecule has 116 valence electrons. The molecular weight excluding hydrogens is 303 g/mol. The van der Waals surface area contributed by atoms with Gasteiger partial charge in [-0.05, 0) is 30.9 Å². The highest BCUT2D eigenvalue weighted by molar-refractivity contribution is 7.89. The summed E-state index contributed by atoms with van der Waals surface area (Å²) in [6, 6.07) is 2.36. The molecular formula is C12H15FN2O5S. The lowest BCUT2D eigenvalue weighted by Crippen LogP contribution is -2.39. The van der Waals surface area contributed by atoms with E-state index in [0.717, 1.165) is 16.4 Å². The van der Waals surface area contributed by atoms with Gasteiger partial charge in [0.15, 0.2) is 4.90 Å². The summed E-state index contributed by atoms with van der Waals surface area (Å²) in [5.41, 5.74) is -0.782. The van der Waals surface area contributed by atoms with Gasteiger partial charge in [0, 0.05) is 13.6 Å². The van der Waals surface area contributed by atoms with Crippen LogP contribution < -0.4 is 0 Å². The third-order valence-corrected chi connectivity index (χ3v) is 5.40. The van der Waals surface area contributed by atoms with Gasteiger partial charge in [0.1, 0.15) is 5.82 Å². The van der Waals surface area contributed by atoms with Crippen molar-refractivity contribution in [3.63, 3.8) is 0 Å². The van der Waals surface area contributed by atoms with E-state index in [2.05, 4.69) is 0 Å². The summed E-state index contributed by atoms with van der Waals surface area (Å²) in [5, 5.41) is 20.1. The summed E-state index contributed by atoms with van der Waals surface area (Å²) in [4.78, 5) is 9.45. The molecule has 0 aromatic heterocycles. The highest BCUT2D eigenvalue weighted by Gasteiger charge is 2.34. The van der Waals surface area contributed by atoms with Gasteiger partial charge < -0.3 is 5.11 Å². The minimum absolute atomic E-state index is 0.0271. The molecule has 9 heteroatoms. The molecule has 0 spiro atoms. The third-order valence-electron chi connectivity index (χ3n) is 3.53. The first-order chi connectivity index (χ1) is 9.71. The number of nitro benzene ring substituents is 1. The Kier molecular flexibility index (Phi) is 4.26. The van der Waals surface area contributed by atoms with Gasteiger partial charge in [-0.15, -0.1) is 0 Å². The molecule has 1 aromatic carbocycles. The summed E-state index contributed by atoms with van der Waals surface area (Å²) < 4.78 is 38.8. The van der Waals surface area contributed by atoms with Gasteiger partial charge in [-0.3, -0.25) is 10.1 Å². The third kappa shape index (κ3) is 3.20. The molecule has 7 nitrogen and oxygen atoms in total. The Bertz CT molecular complexity index is 658. The Morgan fingerprint density at radius 2 is 2.10 bits per heavy atom. The molecule has 0 atom stereocenters. The number of hydrogen-bond acceptors (Lipinski definition) is 5. The Morgan fingerprint density at radius 3 is 2.62 bits per heavy atom. The van der Waals surface area contributed by atoms with E-state index in [9.17, 15) is 28.0 Å². The molecule has 0 bridgehead atoms. The van der Waals surface area contributed by atoms with Gasteiger partial charge in [-0.2, -0.15) is 0 Å². The SMILES string of the molecule is CN(CC1CC(O)C1)S(=O)(=O)c1ccc(F)cc1[N+](=O)[O-]. The molecule has 2 rings (SSSR count). The van der Waals surface area contributed by atoms with Crippen molar-refractivity contribution < 1.29 is 22.8 Å². The van der Waals surface area contributed by atoms with Crippen LogP contribution in [-0.2, 0) is 10.0 Å². The maximum absolute atomic E-state index is 13.1. The van der Waals surface area contributed by atoms with Crippen molar-refractivity contribution in [1.82, 2.24) is 4.31 Å². The van der Waals surface area contributed by atoms with E-state index in [4.69, 9.17) is 0 Å². The van der Waals surface area contributed by atoms with E-state index >= 15 is 0 Å². The van der Waals surface area contributed by atoms with Crippen LogP contribution in [0.1, 0.15) is 12.8 Å². The quantitative estimate of drug-likeness (QED) is 0.648. The number of nitro groups is 1.